The molecule has 3 rings (SSSR count). The van der Waals surface area contributed by atoms with Crippen LogP contribution in [0.1, 0.15) is 17.7 Å². The average Bonchev–Trinajstić information content (AvgIpc) is 2.82. The maximum absolute atomic E-state index is 5.44. The smallest absolute Gasteiger partial charge is 0.208 e. The molecule has 5 heteroatoms. The van der Waals surface area contributed by atoms with E-state index in [4.69, 9.17) is 4.42 Å². The molecule has 0 radical (unpaired) electrons. The van der Waals surface area contributed by atoms with Gasteiger partial charge < -0.3 is 4.42 Å². The number of aryl methyl sites for hydroxylation is 1. The Kier molecular flexibility index (Phi) is 2.25. The van der Waals surface area contributed by atoms with Gasteiger partial charge in [0.05, 0.1) is 18.8 Å². The minimum absolute atomic E-state index is 0.506. The first-order valence-electron chi connectivity index (χ1n) is 5.44. The van der Waals surface area contributed by atoms with Crippen LogP contribution >= 0.6 is 0 Å². The first-order valence-corrected chi connectivity index (χ1v) is 5.44. The summed E-state index contributed by atoms with van der Waals surface area (Å²) in [5.74, 6) is 1.68. The third kappa shape index (κ3) is 1.74. The van der Waals surface area contributed by atoms with E-state index in [0.29, 0.717) is 6.04 Å². The Morgan fingerprint density at radius 3 is 3.00 bits per heavy atom. The van der Waals surface area contributed by atoms with Crippen LogP contribution in [0.3, 0.4) is 0 Å². The van der Waals surface area contributed by atoms with E-state index in [0.717, 1.165) is 31.3 Å². The minimum atomic E-state index is 0.506. The molecule has 0 amide bonds. The largest absolute Gasteiger partial charge is 0.445 e. The lowest BCUT2D eigenvalue weighted by atomic mass is 10.1. The topological polar surface area (TPSA) is 47.1 Å². The summed E-state index contributed by atoms with van der Waals surface area (Å²) in [6.07, 6.45) is 5.59. The highest BCUT2D eigenvalue weighted by molar-refractivity contribution is 4.94. The summed E-state index contributed by atoms with van der Waals surface area (Å²) in [6, 6.07) is 2.46. The van der Waals surface area contributed by atoms with Crippen LogP contribution in [0.4, 0.5) is 0 Å². The predicted octanol–water partition coefficient (Wildman–Crippen LogP) is 1.24. The van der Waals surface area contributed by atoms with Crippen molar-refractivity contribution in [3.8, 4) is 0 Å². The van der Waals surface area contributed by atoms with Crippen LogP contribution in [0.5, 0.6) is 0 Å². The van der Waals surface area contributed by atoms with Gasteiger partial charge in [-0.1, -0.05) is 0 Å². The van der Waals surface area contributed by atoms with Crippen molar-refractivity contribution in [2.24, 2.45) is 0 Å². The van der Waals surface area contributed by atoms with Crippen LogP contribution in [0.2, 0.25) is 0 Å². The van der Waals surface area contributed by atoms with Gasteiger partial charge in [-0.05, 0) is 13.0 Å². The number of likely N-dealkylation sites (tertiary alicyclic amines) is 1. The molecule has 0 aromatic carbocycles. The summed E-state index contributed by atoms with van der Waals surface area (Å²) in [5, 5.41) is 4.23. The van der Waals surface area contributed by atoms with E-state index in [-0.39, 0.29) is 0 Å². The van der Waals surface area contributed by atoms with Gasteiger partial charge in [-0.2, -0.15) is 5.10 Å². The molecule has 84 valence electrons. The second-order valence-corrected chi connectivity index (χ2v) is 4.20. The van der Waals surface area contributed by atoms with E-state index in [2.05, 4.69) is 15.0 Å². The van der Waals surface area contributed by atoms with Gasteiger partial charge >= 0.3 is 0 Å². The fraction of sp³-hybridized carbons (Fsp3) is 0.455. The van der Waals surface area contributed by atoms with Crippen LogP contribution in [-0.2, 0) is 6.54 Å². The highest BCUT2D eigenvalue weighted by Crippen LogP contribution is 2.21. The molecule has 0 atom stereocenters. The molecule has 0 saturated carbocycles. The van der Waals surface area contributed by atoms with E-state index in [1.165, 1.54) is 0 Å². The second kappa shape index (κ2) is 3.75. The van der Waals surface area contributed by atoms with Crippen molar-refractivity contribution in [3.63, 3.8) is 0 Å². The Morgan fingerprint density at radius 2 is 2.38 bits per heavy atom. The SMILES string of the molecule is Cc1cnc(CN2CC(n3cccn3)C2)o1. The van der Waals surface area contributed by atoms with Crippen molar-refractivity contribution in [2.75, 3.05) is 13.1 Å². The lowest BCUT2D eigenvalue weighted by Gasteiger charge is -2.38. The normalized spacial score (nSPS) is 17.6. The predicted molar refractivity (Wildman–Crippen MR) is 57.8 cm³/mol. The quantitative estimate of drug-likeness (QED) is 0.777. The van der Waals surface area contributed by atoms with Gasteiger partial charge in [0, 0.05) is 25.5 Å². The van der Waals surface area contributed by atoms with Gasteiger partial charge in [0.2, 0.25) is 5.89 Å². The third-order valence-electron chi connectivity index (χ3n) is 2.86. The monoisotopic (exact) mass is 218 g/mol. The molecule has 0 spiro atoms. The van der Waals surface area contributed by atoms with E-state index < -0.39 is 0 Å². The molecule has 0 N–H and O–H groups in total. The Labute approximate surface area is 93.7 Å². The van der Waals surface area contributed by atoms with E-state index in [9.17, 15) is 0 Å². The molecule has 0 aliphatic carbocycles. The molecule has 16 heavy (non-hydrogen) atoms. The molecule has 2 aromatic rings. The summed E-state index contributed by atoms with van der Waals surface area (Å²) >= 11 is 0. The van der Waals surface area contributed by atoms with Gasteiger partial charge in [0.1, 0.15) is 5.76 Å². The molecular formula is C11H14N4O. The zero-order valence-electron chi connectivity index (χ0n) is 9.21. The highest BCUT2D eigenvalue weighted by atomic mass is 16.4. The number of rotatable bonds is 3. The maximum atomic E-state index is 5.44. The van der Waals surface area contributed by atoms with Crippen molar-refractivity contribution >= 4 is 0 Å². The molecule has 1 aliphatic rings. The van der Waals surface area contributed by atoms with E-state index in [1.54, 1.807) is 6.20 Å². The van der Waals surface area contributed by atoms with E-state index >= 15 is 0 Å². The van der Waals surface area contributed by atoms with Gasteiger partial charge in [0.25, 0.3) is 0 Å². The summed E-state index contributed by atoms with van der Waals surface area (Å²) < 4.78 is 7.45. The van der Waals surface area contributed by atoms with Crippen molar-refractivity contribution in [1.82, 2.24) is 19.7 Å². The van der Waals surface area contributed by atoms with Gasteiger partial charge in [0.15, 0.2) is 0 Å². The van der Waals surface area contributed by atoms with Crippen molar-refractivity contribution in [2.45, 2.75) is 19.5 Å². The molecule has 1 saturated heterocycles. The fourth-order valence-corrected chi connectivity index (χ4v) is 2.00. The Balaban J connectivity index is 1.54. The lowest BCUT2D eigenvalue weighted by Crippen LogP contribution is -2.47. The fourth-order valence-electron chi connectivity index (χ4n) is 2.00. The third-order valence-corrected chi connectivity index (χ3v) is 2.86. The maximum Gasteiger partial charge on any atom is 0.208 e. The summed E-state index contributed by atoms with van der Waals surface area (Å²) in [5.41, 5.74) is 0. The first-order chi connectivity index (χ1) is 7.81. The number of oxazole rings is 1. The number of nitrogens with zero attached hydrogens (tertiary/aromatic N) is 4. The van der Waals surface area contributed by atoms with Crippen LogP contribution in [-0.4, -0.2) is 32.8 Å². The Bertz CT molecular complexity index is 456. The number of hydrogen-bond donors (Lipinski definition) is 0. The van der Waals surface area contributed by atoms with Gasteiger partial charge in [-0.25, -0.2) is 4.98 Å². The molecule has 0 unspecified atom stereocenters. The molecule has 3 heterocycles. The molecular weight excluding hydrogens is 204 g/mol. The zero-order valence-corrected chi connectivity index (χ0v) is 9.21. The standard InChI is InChI=1S/C11H14N4O/c1-9-5-12-11(16-9)8-14-6-10(7-14)15-4-2-3-13-15/h2-5,10H,6-8H2,1H3. The van der Waals surface area contributed by atoms with E-state index in [1.807, 2.05) is 30.1 Å². The van der Waals surface area contributed by atoms with Crippen LogP contribution in [0.15, 0.2) is 29.1 Å². The first kappa shape index (κ1) is 9.59. The molecule has 5 nitrogen and oxygen atoms in total. The highest BCUT2D eigenvalue weighted by Gasteiger charge is 2.29. The minimum Gasteiger partial charge on any atom is -0.445 e. The van der Waals surface area contributed by atoms with Gasteiger partial charge in [-0.15, -0.1) is 0 Å². The summed E-state index contributed by atoms with van der Waals surface area (Å²) in [4.78, 5) is 6.50. The van der Waals surface area contributed by atoms with Crippen molar-refractivity contribution in [1.29, 1.82) is 0 Å². The Morgan fingerprint density at radius 1 is 1.50 bits per heavy atom. The van der Waals surface area contributed by atoms with Gasteiger partial charge in [-0.3, -0.25) is 9.58 Å². The summed E-state index contributed by atoms with van der Waals surface area (Å²) in [7, 11) is 0. The van der Waals surface area contributed by atoms with Crippen LogP contribution in [0.25, 0.3) is 0 Å². The molecule has 0 bridgehead atoms. The molecule has 1 fully saturated rings. The Hall–Kier alpha value is -1.62. The zero-order chi connectivity index (χ0) is 11.0. The van der Waals surface area contributed by atoms with Crippen LogP contribution in [0, 0.1) is 6.92 Å². The molecule has 2 aromatic heterocycles. The second-order valence-electron chi connectivity index (χ2n) is 4.20. The number of aromatic nitrogens is 3. The summed E-state index contributed by atoms with van der Waals surface area (Å²) in [6.45, 7) is 4.75. The lowest BCUT2D eigenvalue weighted by molar-refractivity contribution is 0.0812. The van der Waals surface area contributed by atoms with Crippen LogP contribution < -0.4 is 0 Å². The number of hydrogen-bond acceptors (Lipinski definition) is 4. The van der Waals surface area contributed by atoms with Crippen molar-refractivity contribution < 1.29 is 4.42 Å². The van der Waals surface area contributed by atoms with Crippen molar-refractivity contribution in [3.05, 3.63) is 36.3 Å². The average molecular weight is 218 g/mol. The molecule has 1 aliphatic heterocycles.